The van der Waals surface area contributed by atoms with E-state index in [1.165, 1.54) is 11.8 Å². The number of hydrogen-bond acceptors (Lipinski definition) is 4. The molecule has 0 radical (unpaired) electrons. The predicted molar refractivity (Wildman–Crippen MR) is 68.9 cm³/mol. The Labute approximate surface area is 106 Å². The summed E-state index contributed by atoms with van der Waals surface area (Å²) in [6, 6.07) is 3.78. The minimum atomic E-state index is 0.0517. The Morgan fingerprint density at radius 1 is 1.29 bits per heavy atom. The normalized spacial score (nSPS) is 10.2. The summed E-state index contributed by atoms with van der Waals surface area (Å²) in [6.45, 7) is 0.918. The van der Waals surface area contributed by atoms with Gasteiger partial charge in [-0.05, 0) is 31.4 Å². The van der Waals surface area contributed by atoms with Crippen LogP contribution in [0.5, 0.6) is 0 Å². The van der Waals surface area contributed by atoms with E-state index >= 15 is 0 Å². The van der Waals surface area contributed by atoms with Gasteiger partial charge in [0.15, 0.2) is 0 Å². The minimum Gasteiger partial charge on any atom is -0.396 e. The van der Waals surface area contributed by atoms with Crippen LogP contribution >= 0.6 is 11.8 Å². The van der Waals surface area contributed by atoms with E-state index in [9.17, 15) is 4.79 Å². The first-order chi connectivity index (χ1) is 8.33. The quantitative estimate of drug-likeness (QED) is 0.544. The molecule has 0 atom stereocenters. The van der Waals surface area contributed by atoms with Crippen molar-refractivity contribution in [2.75, 3.05) is 18.9 Å². The summed E-state index contributed by atoms with van der Waals surface area (Å²) in [5, 5.41) is 11.4. The predicted octanol–water partition coefficient (Wildman–Crippen LogP) is 1.45. The number of nitrogens with one attached hydrogen (secondary N) is 1. The molecule has 5 heteroatoms. The van der Waals surface area contributed by atoms with Crippen LogP contribution in [0, 0.1) is 0 Å². The summed E-state index contributed by atoms with van der Waals surface area (Å²) in [5.74, 6) is 0.486. The lowest BCUT2D eigenvalue weighted by Crippen LogP contribution is -2.26. The number of pyridine rings is 1. The molecule has 0 saturated heterocycles. The molecular weight excluding hydrogens is 236 g/mol. The lowest BCUT2D eigenvalue weighted by molar-refractivity contribution is -0.118. The van der Waals surface area contributed by atoms with Crippen molar-refractivity contribution in [2.24, 2.45) is 0 Å². The number of unbranched alkanes of at least 4 members (excludes halogenated alkanes) is 2. The second kappa shape index (κ2) is 9.01. The van der Waals surface area contributed by atoms with Crippen LogP contribution in [0.15, 0.2) is 29.4 Å². The highest BCUT2D eigenvalue weighted by molar-refractivity contribution is 8.00. The number of thioether (sulfide) groups is 1. The van der Waals surface area contributed by atoms with Crippen LogP contribution in [0.3, 0.4) is 0 Å². The van der Waals surface area contributed by atoms with Crippen molar-refractivity contribution in [2.45, 2.75) is 24.2 Å². The van der Waals surface area contributed by atoms with Gasteiger partial charge in [-0.2, -0.15) is 0 Å². The summed E-state index contributed by atoms with van der Waals surface area (Å²) in [7, 11) is 0. The highest BCUT2D eigenvalue weighted by atomic mass is 32.2. The summed E-state index contributed by atoms with van der Waals surface area (Å²) in [6.07, 6.45) is 6.12. The number of rotatable bonds is 8. The minimum absolute atomic E-state index is 0.0517. The molecule has 1 aromatic rings. The number of carbonyl (C=O) groups excluding carboxylic acids is 1. The van der Waals surface area contributed by atoms with Gasteiger partial charge in [0.1, 0.15) is 0 Å². The third-order valence-corrected chi connectivity index (χ3v) is 3.19. The van der Waals surface area contributed by atoms with Crippen LogP contribution in [0.2, 0.25) is 0 Å². The molecule has 0 bridgehead atoms. The Bertz CT molecular complexity index is 320. The number of nitrogens with zero attached hydrogens (tertiary/aromatic N) is 1. The third-order valence-electron chi connectivity index (χ3n) is 2.18. The van der Waals surface area contributed by atoms with Gasteiger partial charge in [-0.1, -0.05) is 0 Å². The molecule has 0 aliphatic heterocycles. The molecule has 1 heterocycles. The Hall–Kier alpha value is -1.07. The summed E-state index contributed by atoms with van der Waals surface area (Å²) >= 11 is 1.50. The van der Waals surface area contributed by atoms with Crippen LogP contribution in [-0.2, 0) is 4.79 Å². The molecule has 0 unspecified atom stereocenters. The van der Waals surface area contributed by atoms with E-state index in [0.717, 1.165) is 24.2 Å². The Morgan fingerprint density at radius 3 is 2.76 bits per heavy atom. The number of aliphatic hydroxyl groups excluding tert-OH is 1. The van der Waals surface area contributed by atoms with Crippen molar-refractivity contribution >= 4 is 17.7 Å². The van der Waals surface area contributed by atoms with Gasteiger partial charge in [0, 0.05) is 30.4 Å². The highest BCUT2D eigenvalue weighted by Gasteiger charge is 2.01. The fourth-order valence-corrected chi connectivity index (χ4v) is 1.99. The fourth-order valence-electron chi connectivity index (χ4n) is 1.28. The van der Waals surface area contributed by atoms with E-state index in [2.05, 4.69) is 10.3 Å². The first-order valence-electron chi connectivity index (χ1n) is 5.73. The zero-order valence-electron chi connectivity index (χ0n) is 9.76. The van der Waals surface area contributed by atoms with Gasteiger partial charge in [0.2, 0.25) is 5.91 Å². The number of amides is 1. The van der Waals surface area contributed by atoms with Gasteiger partial charge in [0.25, 0.3) is 0 Å². The number of aliphatic hydroxyl groups is 1. The number of aromatic nitrogens is 1. The Balaban J connectivity index is 2.05. The molecule has 1 aromatic heterocycles. The smallest absolute Gasteiger partial charge is 0.230 e. The van der Waals surface area contributed by atoms with E-state index in [0.29, 0.717) is 12.3 Å². The molecule has 0 aliphatic carbocycles. The number of hydrogen-bond donors (Lipinski definition) is 2. The second-order valence-electron chi connectivity index (χ2n) is 3.61. The van der Waals surface area contributed by atoms with Crippen LogP contribution in [0.1, 0.15) is 19.3 Å². The molecule has 1 rings (SSSR count). The Morgan fingerprint density at radius 2 is 2.06 bits per heavy atom. The maximum atomic E-state index is 11.5. The van der Waals surface area contributed by atoms with E-state index < -0.39 is 0 Å². The van der Waals surface area contributed by atoms with E-state index in [-0.39, 0.29) is 12.5 Å². The zero-order valence-corrected chi connectivity index (χ0v) is 10.6. The maximum Gasteiger partial charge on any atom is 0.230 e. The second-order valence-corrected chi connectivity index (χ2v) is 4.65. The first kappa shape index (κ1) is 14.0. The van der Waals surface area contributed by atoms with E-state index in [1.54, 1.807) is 12.4 Å². The van der Waals surface area contributed by atoms with Crippen molar-refractivity contribution in [3.63, 3.8) is 0 Å². The van der Waals surface area contributed by atoms with Gasteiger partial charge >= 0.3 is 0 Å². The first-order valence-corrected chi connectivity index (χ1v) is 6.72. The zero-order chi connectivity index (χ0) is 12.3. The SMILES string of the molecule is O=C(CSc1ccncc1)NCCCCCO. The molecule has 2 N–H and O–H groups in total. The van der Waals surface area contributed by atoms with Crippen molar-refractivity contribution in [3.05, 3.63) is 24.5 Å². The third kappa shape index (κ3) is 6.97. The molecule has 0 saturated carbocycles. The number of carbonyl (C=O) groups is 1. The average molecular weight is 254 g/mol. The van der Waals surface area contributed by atoms with Crippen molar-refractivity contribution in [1.29, 1.82) is 0 Å². The van der Waals surface area contributed by atoms with Crippen molar-refractivity contribution in [3.8, 4) is 0 Å². The molecule has 94 valence electrons. The standard InChI is InChI=1S/C12H18N2O2S/c15-9-3-1-2-6-14-12(16)10-17-11-4-7-13-8-5-11/h4-5,7-8,15H,1-3,6,9-10H2,(H,14,16). The molecule has 4 nitrogen and oxygen atoms in total. The van der Waals surface area contributed by atoms with Crippen LogP contribution in [0.4, 0.5) is 0 Å². The molecule has 1 amide bonds. The van der Waals surface area contributed by atoms with Crippen LogP contribution in [0.25, 0.3) is 0 Å². The van der Waals surface area contributed by atoms with Gasteiger partial charge in [0.05, 0.1) is 5.75 Å². The molecule has 0 spiro atoms. The van der Waals surface area contributed by atoms with Crippen molar-refractivity contribution < 1.29 is 9.90 Å². The molecule has 0 fully saturated rings. The summed E-state index contributed by atoms with van der Waals surface area (Å²) in [4.78, 5) is 16.4. The largest absolute Gasteiger partial charge is 0.396 e. The summed E-state index contributed by atoms with van der Waals surface area (Å²) < 4.78 is 0. The van der Waals surface area contributed by atoms with E-state index in [4.69, 9.17) is 5.11 Å². The maximum absolute atomic E-state index is 11.5. The molecule has 0 aliphatic rings. The monoisotopic (exact) mass is 254 g/mol. The molecule has 0 aromatic carbocycles. The summed E-state index contributed by atoms with van der Waals surface area (Å²) in [5.41, 5.74) is 0. The highest BCUT2D eigenvalue weighted by Crippen LogP contribution is 2.15. The van der Waals surface area contributed by atoms with Crippen LogP contribution in [-0.4, -0.2) is 34.9 Å². The van der Waals surface area contributed by atoms with Gasteiger partial charge in [-0.25, -0.2) is 0 Å². The average Bonchev–Trinajstić information content (AvgIpc) is 2.37. The fraction of sp³-hybridized carbons (Fsp3) is 0.500. The van der Waals surface area contributed by atoms with E-state index in [1.807, 2.05) is 12.1 Å². The van der Waals surface area contributed by atoms with Gasteiger partial charge in [-0.15, -0.1) is 11.8 Å². The van der Waals surface area contributed by atoms with Gasteiger partial charge < -0.3 is 10.4 Å². The Kier molecular flexibility index (Phi) is 7.42. The molecule has 17 heavy (non-hydrogen) atoms. The van der Waals surface area contributed by atoms with Gasteiger partial charge in [-0.3, -0.25) is 9.78 Å². The van der Waals surface area contributed by atoms with Crippen LogP contribution < -0.4 is 5.32 Å². The lowest BCUT2D eigenvalue weighted by atomic mass is 10.2. The topological polar surface area (TPSA) is 62.2 Å². The molecular formula is C12H18N2O2S. The van der Waals surface area contributed by atoms with Crippen molar-refractivity contribution in [1.82, 2.24) is 10.3 Å². The lowest BCUT2D eigenvalue weighted by Gasteiger charge is -2.04.